The minimum Gasteiger partial charge on any atom is -0.476 e. The van der Waals surface area contributed by atoms with E-state index in [9.17, 15) is 0 Å². The lowest BCUT2D eigenvalue weighted by Gasteiger charge is -2.14. The van der Waals surface area contributed by atoms with E-state index in [0.717, 1.165) is 11.3 Å². The number of benzene rings is 1. The lowest BCUT2D eigenvalue weighted by molar-refractivity contribution is 0.325. The Hall–Kier alpha value is -2.30. The Morgan fingerprint density at radius 2 is 1.90 bits per heavy atom. The molecule has 0 spiro atoms. The predicted octanol–water partition coefficient (Wildman–Crippen LogP) is 3.68. The van der Waals surface area contributed by atoms with E-state index in [1.165, 1.54) is 11.9 Å². The van der Waals surface area contributed by atoms with Crippen molar-refractivity contribution in [3.8, 4) is 17.5 Å². The molecule has 21 heavy (non-hydrogen) atoms. The van der Waals surface area contributed by atoms with Crippen LogP contribution in [0.4, 0.5) is 5.69 Å². The fourth-order valence-electron chi connectivity index (χ4n) is 1.89. The Labute approximate surface area is 125 Å². The second-order valence-corrected chi connectivity index (χ2v) is 5.11. The van der Waals surface area contributed by atoms with Gasteiger partial charge < -0.3 is 15.2 Å². The van der Waals surface area contributed by atoms with E-state index in [1.54, 1.807) is 0 Å². The smallest absolute Gasteiger partial charge is 0.249 e. The van der Waals surface area contributed by atoms with Crippen LogP contribution in [0, 0.1) is 6.92 Å². The molecule has 5 heteroatoms. The molecule has 0 saturated carbocycles. The maximum absolute atomic E-state index is 5.99. The van der Waals surface area contributed by atoms with Crippen molar-refractivity contribution in [2.45, 2.75) is 33.6 Å². The number of hydrogen-bond acceptors (Lipinski definition) is 5. The highest BCUT2D eigenvalue weighted by atomic mass is 16.5. The van der Waals surface area contributed by atoms with Crippen molar-refractivity contribution in [2.75, 3.05) is 12.3 Å². The summed E-state index contributed by atoms with van der Waals surface area (Å²) in [6, 6.07) is 6.15. The normalized spacial score (nSPS) is 10.7. The highest BCUT2D eigenvalue weighted by molar-refractivity contribution is 5.57. The SMILES string of the molecule is CCOc1ncnc(Oc2cc(C(C)C)ccc2C)c1N. The van der Waals surface area contributed by atoms with Crippen molar-refractivity contribution in [3.63, 3.8) is 0 Å². The number of nitrogens with two attached hydrogens (primary N) is 1. The summed E-state index contributed by atoms with van der Waals surface area (Å²) in [5, 5.41) is 0. The second kappa shape index (κ2) is 6.43. The number of rotatable bonds is 5. The third kappa shape index (κ3) is 3.42. The highest BCUT2D eigenvalue weighted by Gasteiger charge is 2.13. The van der Waals surface area contributed by atoms with Crippen LogP contribution in [0.2, 0.25) is 0 Å². The van der Waals surface area contributed by atoms with Crippen LogP contribution in [0.25, 0.3) is 0 Å². The topological polar surface area (TPSA) is 70.3 Å². The van der Waals surface area contributed by atoms with Crippen LogP contribution < -0.4 is 15.2 Å². The van der Waals surface area contributed by atoms with Crippen LogP contribution in [0.5, 0.6) is 17.5 Å². The van der Waals surface area contributed by atoms with Gasteiger partial charge >= 0.3 is 0 Å². The summed E-state index contributed by atoms with van der Waals surface area (Å²) in [4.78, 5) is 8.09. The maximum atomic E-state index is 5.99. The zero-order valence-corrected chi connectivity index (χ0v) is 12.9. The molecule has 1 aromatic carbocycles. The van der Waals surface area contributed by atoms with Crippen LogP contribution in [-0.2, 0) is 0 Å². The summed E-state index contributed by atoms with van der Waals surface area (Å²) in [7, 11) is 0. The van der Waals surface area contributed by atoms with Crippen LogP contribution in [0.3, 0.4) is 0 Å². The first-order valence-electron chi connectivity index (χ1n) is 7.04. The van der Waals surface area contributed by atoms with Gasteiger partial charge in [-0.05, 0) is 37.0 Å². The van der Waals surface area contributed by atoms with E-state index in [4.69, 9.17) is 15.2 Å². The highest BCUT2D eigenvalue weighted by Crippen LogP contribution is 2.33. The van der Waals surface area contributed by atoms with Gasteiger partial charge in [0.25, 0.3) is 0 Å². The number of aromatic nitrogens is 2. The molecule has 112 valence electrons. The molecule has 0 bridgehead atoms. The van der Waals surface area contributed by atoms with Crippen molar-refractivity contribution >= 4 is 5.69 Å². The number of anilines is 1. The van der Waals surface area contributed by atoms with E-state index in [0.29, 0.717) is 30.0 Å². The van der Waals surface area contributed by atoms with E-state index >= 15 is 0 Å². The Bertz CT molecular complexity index is 627. The molecule has 2 aromatic rings. The fraction of sp³-hybridized carbons (Fsp3) is 0.375. The number of ether oxygens (including phenoxy) is 2. The zero-order chi connectivity index (χ0) is 15.4. The first-order valence-corrected chi connectivity index (χ1v) is 7.04. The second-order valence-electron chi connectivity index (χ2n) is 5.11. The molecule has 0 atom stereocenters. The number of hydrogen-bond donors (Lipinski definition) is 1. The molecule has 0 radical (unpaired) electrons. The van der Waals surface area contributed by atoms with Gasteiger partial charge in [0.2, 0.25) is 11.8 Å². The first kappa shape index (κ1) is 15.1. The quantitative estimate of drug-likeness (QED) is 0.908. The minimum absolute atomic E-state index is 0.314. The van der Waals surface area contributed by atoms with Crippen molar-refractivity contribution in [3.05, 3.63) is 35.7 Å². The molecule has 0 fully saturated rings. The third-order valence-electron chi connectivity index (χ3n) is 3.18. The predicted molar refractivity (Wildman–Crippen MR) is 83.0 cm³/mol. The van der Waals surface area contributed by atoms with Crippen LogP contribution in [-0.4, -0.2) is 16.6 Å². The first-order chi connectivity index (χ1) is 10.0. The van der Waals surface area contributed by atoms with Gasteiger partial charge in [-0.3, -0.25) is 0 Å². The Morgan fingerprint density at radius 1 is 1.19 bits per heavy atom. The largest absolute Gasteiger partial charge is 0.476 e. The van der Waals surface area contributed by atoms with Crippen LogP contribution in [0.1, 0.15) is 37.8 Å². The van der Waals surface area contributed by atoms with Crippen molar-refractivity contribution in [2.24, 2.45) is 0 Å². The zero-order valence-electron chi connectivity index (χ0n) is 12.9. The molecule has 0 aliphatic heterocycles. The third-order valence-corrected chi connectivity index (χ3v) is 3.18. The molecule has 5 nitrogen and oxygen atoms in total. The van der Waals surface area contributed by atoms with E-state index in [-0.39, 0.29) is 0 Å². The fourth-order valence-corrected chi connectivity index (χ4v) is 1.89. The minimum atomic E-state index is 0.314. The molecule has 1 heterocycles. The van der Waals surface area contributed by atoms with Crippen molar-refractivity contribution < 1.29 is 9.47 Å². The van der Waals surface area contributed by atoms with E-state index in [2.05, 4.69) is 29.9 Å². The van der Waals surface area contributed by atoms with E-state index < -0.39 is 0 Å². The van der Waals surface area contributed by atoms with Gasteiger partial charge in [0, 0.05) is 0 Å². The Balaban J connectivity index is 2.34. The molecule has 2 rings (SSSR count). The average Bonchev–Trinajstić information content (AvgIpc) is 2.45. The number of nitrogens with zero attached hydrogens (tertiary/aromatic N) is 2. The Morgan fingerprint density at radius 3 is 2.57 bits per heavy atom. The molecule has 0 aliphatic rings. The summed E-state index contributed by atoms with van der Waals surface area (Å²) >= 11 is 0. The van der Waals surface area contributed by atoms with E-state index in [1.807, 2.05) is 26.0 Å². The lowest BCUT2D eigenvalue weighted by Crippen LogP contribution is -2.03. The molecular formula is C16H21N3O2. The van der Waals surface area contributed by atoms with Gasteiger partial charge in [-0.15, -0.1) is 0 Å². The van der Waals surface area contributed by atoms with Gasteiger partial charge in [0.15, 0.2) is 5.69 Å². The molecule has 1 aromatic heterocycles. The summed E-state index contributed by atoms with van der Waals surface area (Å²) in [5.41, 5.74) is 8.53. The molecule has 0 amide bonds. The van der Waals surface area contributed by atoms with Crippen molar-refractivity contribution in [1.82, 2.24) is 9.97 Å². The van der Waals surface area contributed by atoms with Gasteiger partial charge in [0.05, 0.1) is 6.61 Å². The van der Waals surface area contributed by atoms with Gasteiger partial charge in [-0.2, -0.15) is 9.97 Å². The number of aryl methyl sites for hydroxylation is 1. The molecule has 0 unspecified atom stereocenters. The maximum Gasteiger partial charge on any atom is 0.249 e. The number of nitrogen functional groups attached to an aromatic ring is 1. The standard InChI is InChI=1S/C16H21N3O2/c1-5-20-15-14(17)16(19-9-18-15)21-13-8-12(10(2)3)7-6-11(13)4/h6-10H,5,17H2,1-4H3. The monoisotopic (exact) mass is 287 g/mol. The molecule has 0 aliphatic carbocycles. The average molecular weight is 287 g/mol. The van der Waals surface area contributed by atoms with Crippen molar-refractivity contribution in [1.29, 1.82) is 0 Å². The molecule has 2 N–H and O–H groups in total. The van der Waals surface area contributed by atoms with Crippen LogP contribution >= 0.6 is 0 Å². The van der Waals surface area contributed by atoms with Crippen LogP contribution in [0.15, 0.2) is 24.5 Å². The molecule has 0 saturated heterocycles. The van der Waals surface area contributed by atoms with Gasteiger partial charge in [-0.25, -0.2) is 0 Å². The summed E-state index contributed by atoms with van der Waals surface area (Å²) in [6.45, 7) is 8.63. The summed E-state index contributed by atoms with van der Waals surface area (Å²) in [5.74, 6) is 1.83. The lowest BCUT2D eigenvalue weighted by atomic mass is 10.0. The van der Waals surface area contributed by atoms with Gasteiger partial charge in [-0.1, -0.05) is 26.0 Å². The van der Waals surface area contributed by atoms with Gasteiger partial charge in [0.1, 0.15) is 12.1 Å². The Kier molecular flexibility index (Phi) is 4.62. The summed E-state index contributed by atoms with van der Waals surface area (Å²) < 4.78 is 11.2. The summed E-state index contributed by atoms with van der Waals surface area (Å²) in [6.07, 6.45) is 1.39. The molecular weight excluding hydrogens is 266 g/mol.